The van der Waals surface area contributed by atoms with Crippen LogP contribution in [0.2, 0.25) is 0 Å². The number of nitrogens with one attached hydrogen (secondary N) is 2. The van der Waals surface area contributed by atoms with Crippen LogP contribution in [0, 0.1) is 0 Å². The average molecular weight is 372 g/mol. The van der Waals surface area contributed by atoms with Crippen molar-refractivity contribution in [1.82, 2.24) is 15.5 Å². The first-order valence-corrected chi connectivity index (χ1v) is 8.95. The number of carbonyl (C=O) groups is 2. The molecule has 0 spiro atoms. The average Bonchev–Trinajstić information content (AvgIpc) is 3.36. The molecule has 9 heteroatoms. The van der Waals surface area contributed by atoms with Crippen LogP contribution < -0.4 is 15.4 Å². The summed E-state index contributed by atoms with van der Waals surface area (Å²) in [7, 11) is 0. The first-order chi connectivity index (χ1) is 13.2. The summed E-state index contributed by atoms with van der Waals surface area (Å²) < 4.78 is 16.1. The molecule has 2 N–H and O–H groups in total. The third-order valence-corrected chi connectivity index (χ3v) is 4.52. The molecule has 2 aliphatic rings. The van der Waals surface area contributed by atoms with Crippen molar-refractivity contribution < 1.29 is 23.6 Å². The van der Waals surface area contributed by atoms with E-state index in [9.17, 15) is 9.59 Å². The molecule has 1 atom stereocenters. The number of rotatable bonds is 6. The van der Waals surface area contributed by atoms with Crippen molar-refractivity contribution in [2.45, 2.75) is 38.4 Å². The van der Waals surface area contributed by atoms with Gasteiger partial charge in [-0.15, -0.1) is 0 Å². The number of benzene rings is 1. The molecule has 4 rings (SSSR count). The Kier molecular flexibility index (Phi) is 5.01. The van der Waals surface area contributed by atoms with Crippen LogP contribution in [0.3, 0.4) is 0 Å². The minimum Gasteiger partial charge on any atom is -0.485 e. The van der Waals surface area contributed by atoms with Gasteiger partial charge in [-0.1, -0.05) is 11.2 Å². The smallest absolute Gasteiger partial charge is 0.316 e. The lowest BCUT2D eigenvalue weighted by Crippen LogP contribution is -2.31. The van der Waals surface area contributed by atoms with Crippen molar-refractivity contribution in [3.63, 3.8) is 0 Å². The number of amides is 2. The highest BCUT2D eigenvalue weighted by Gasteiger charge is 2.20. The Balaban J connectivity index is 1.31. The van der Waals surface area contributed by atoms with E-state index in [1.807, 2.05) is 12.1 Å². The lowest BCUT2D eigenvalue weighted by molar-refractivity contribution is -0.116. The zero-order valence-corrected chi connectivity index (χ0v) is 14.7. The molecule has 0 bridgehead atoms. The Morgan fingerprint density at radius 1 is 1.37 bits per heavy atom. The fraction of sp³-hybridized carbons (Fsp3) is 0.444. The molecule has 1 unspecified atom stereocenters. The summed E-state index contributed by atoms with van der Waals surface area (Å²) in [4.78, 5) is 27.6. The van der Waals surface area contributed by atoms with E-state index in [1.54, 1.807) is 6.07 Å². The van der Waals surface area contributed by atoms with Gasteiger partial charge < -0.3 is 24.6 Å². The number of hydrogen-bond donors (Lipinski definition) is 2. The standard InChI is InChI=1S/C18H20N4O5/c23-16-6-4-11-3-5-12(8-14(11)20-16)26-10-15-21-18(27-22-15)17(24)19-9-13-2-1-7-25-13/h3,5,8,13H,1-2,4,6-7,9-10H2,(H,19,24)(H,20,23). The molecule has 9 nitrogen and oxygen atoms in total. The predicted octanol–water partition coefficient (Wildman–Crippen LogP) is 1.44. The lowest BCUT2D eigenvalue weighted by atomic mass is 10.0. The summed E-state index contributed by atoms with van der Waals surface area (Å²) >= 11 is 0. The van der Waals surface area contributed by atoms with Gasteiger partial charge in [-0.2, -0.15) is 4.98 Å². The quantitative estimate of drug-likeness (QED) is 0.788. The second kappa shape index (κ2) is 7.75. The second-order valence-electron chi connectivity index (χ2n) is 6.52. The van der Waals surface area contributed by atoms with E-state index in [2.05, 4.69) is 20.8 Å². The lowest BCUT2D eigenvalue weighted by Gasteiger charge is -2.17. The van der Waals surface area contributed by atoms with Crippen LogP contribution in [0.4, 0.5) is 5.69 Å². The van der Waals surface area contributed by atoms with Crippen molar-refractivity contribution >= 4 is 17.5 Å². The molecule has 2 amide bonds. The van der Waals surface area contributed by atoms with Gasteiger partial charge in [0, 0.05) is 31.3 Å². The minimum atomic E-state index is -0.430. The number of aromatic nitrogens is 2. The van der Waals surface area contributed by atoms with Gasteiger partial charge in [-0.05, 0) is 30.9 Å². The summed E-state index contributed by atoms with van der Waals surface area (Å²) in [6.45, 7) is 1.21. The molecule has 1 aromatic heterocycles. The number of aryl methyl sites for hydroxylation is 1. The number of carbonyl (C=O) groups excluding carboxylic acids is 2. The van der Waals surface area contributed by atoms with Crippen LogP contribution in [0.1, 0.15) is 41.3 Å². The molecule has 2 aromatic rings. The van der Waals surface area contributed by atoms with Gasteiger partial charge in [0.2, 0.25) is 11.7 Å². The summed E-state index contributed by atoms with van der Waals surface area (Å²) in [6, 6.07) is 5.51. The SMILES string of the molecule is O=C1CCc2ccc(OCc3noc(C(=O)NCC4CCCO4)n3)cc2N1. The number of nitrogens with zero attached hydrogens (tertiary/aromatic N) is 2. The third kappa shape index (κ3) is 4.25. The molecule has 142 valence electrons. The highest BCUT2D eigenvalue weighted by Crippen LogP contribution is 2.27. The van der Waals surface area contributed by atoms with E-state index in [4.69, 9.17) is 14.0 Å². The highest BCUT2D eigenvalue weighted by atomic mass is 16.5. The summed E-state index contributed by atoms with van der Waals surface area (Å²) in [5.41, 5.74) is 1.83. The Hall–Kier alpha value is -2.94. The largest absolute Gasteiger partial charge is 0.485 e. The molecule has 0 radical (unpaired) electrons. The predicted molar refractivity (Wildman–Crippen MR) is 93.3 cm³/mol. The number of fused-ring (bicyclic) bond motifs is 1. The summed E-state index contributed by atoms with van der Waals surface area (Å²) in [5, 5.41) is 9.31. The third-order valence-electron chi connectivity index (χ3n) is 4.52. The Morgan fingerprint density at radius 3 is 3.15 bits per heavy atom. The van der Waals surface area contributed by atoms with E-state index in [-0.39, 0.29) is 30.3 Å². The fourth-order valence-corrected chi connectivity index (χ4v) is 3.08. The summed E-state index contributed by atoms with van der Waals surface area (Å²) in [5.74, 6) is 0.297. The van der Waals surface area contributed by atoms with Gasteiger partial charge in [0.25, 0.3) is 0 Å². The van der Waals surface area contributed by atoms with Crippen LogP contribution in [-0.4, -0.2) is 41.2 Å². The van der Waals surface area contributed by atoms with Crippen LogP contribution in [0.5, 0.6) is 5.75 Å². The highest BCUT2D eigenvalue weighted by molar-refractivity contribution is 5.94. The molecule has 1 fully saturated rings. The van der Waals surface area contributed by atoms with Crippen molar-refractivity contribution in [1.29, 1.82) is 0 Å². The number of ether oxygens (including phenoxy) is 2. The van der Waals surface area contributed by atoms with Crippen molar-refractivity contribution in [3.05, 3.63) is 35.5 Å². The maximum Gasteiger partial charge on any atom is 0.316 e. The monoisotopic (exact) mass is 372 g/mol. The molecular weight excluding hydrogens is 352 g/mol. The van der Waals surface area contributed by atoms with Gasteiger partial charge >= 0.3 is 11.8 Å². The van der Waals surface area contributed by atoms with Gasteiger partial charge in [-0.3, -0.25) is 9.59 Å². The number of anilines is 1. The molecule has 3 heterocycles. The van der Waals surface area contributed by atoms with Gasteiger partial charge in [0.15, 0.2) is 6.61 Å². The molecule has 1 saturated heterocycles. The van der Waals surface area contributed by atoms with Crippen LogP contribution >= 0.6 is 0 Å². The van der Waals surface area contributed by atoms with E-state index in [1.165, 1.54) is 0 Å². The first-order valence-electron chi connectivity index (χ1n) is 8.95. The molecule has 27 heavy (non-hydrogen) atoms. The van der Waals surface area contributed by atoms with Crippen LogP contribution in [0.25, 0.3) is 0 Å². The molecular formula is C18H20N4O5. The van der Waals surface area contributed by atoms with Crippen molar-refractivity contribution in [2.24, 2.45) is 0 Å². The Morgan fingerprint density at radius 2 is 2.30 bits per heavy atom. The second-order valence-corrected chi connectivity index (χ2v) is 6.52. The maximum atomic E-state index is 12.0. The summed E-state index contributed by atoms with van der Waals surface area (Å²) in [6.07, 6.45) is 3.20. The van der Waals surface area contributed by atoms with E-state index in [0.29, 0.717) is 18.7 Å². The fourth-order valence-electron chi connectivity index (χ4n) is 3.08. The first kappa shape index (κ1) is 17.5. The van der Waals surface area contributed by atoms with Crippen LogP contribution in [0.15, 0.2) is 22.7 Å². The zero-order chi connectivity index (χ0) is 18.6. The van der Waals surface area contributed by atoms with E-state index in [0.717, 1.165) is 37.1 Å². The Labute approximate surface area is 155 Å². The van der Waals surface area contributed by atoms with Crippen molar-refractivity contribution in [2.75, 3.05) is 18.5 Å². The van der Waals surface area contributed by atoms with Crippen molar-refractivity contribution in [3.8, 4) is 5.75 Å². The van der Waals surface area contributed by atoms with Gasteiger partial charge in [0.1, 0.15) is 5.75 Å². The molecule has 1 aromatic carbocycles. The van der Waals surface area contributed by atoms with Gasteiger partial charge in [0.05, 0.1) is 6.10 Å². The van der Waals surface area contributed by atoms with Gasteiger partial charge in [-0.25, -0.2) is 0 Å². The minimum absolute atomic E-state index is 0.00326. The van der Waals surface area contributed by atoms with E-state index >= 15 is 0 Å². The zero-order valence-electron chi connectivity index (χ0n) is 14.7. The van der Waals surface area contributed by atoms with E-state index < -0.39 is 5.91 Å². The topological polar surface area (TPSA) is 116 Å². The number of hydrogen-bond acceptors (Lipinski definition) is 7. The molecule has 0 saturated carbocycles. The maximum absolute atomic E-state index is 12.0. The normalized spacial score (nSPS) is 18.7. The molecule has 2 aliphatic heterocycles. The van der Waals surface area contributed by atoms with Crippen LogP contribution in [-0.2, 0) is 22.6 Å². The Bertz CT molecular complexity index is 844. The molecule has 0 aliphatic carbocycles.